The maximum absolute atomic E-state index is 13.4. The number of methoxy groups -OCH3 is 2. The molecule has 0 spiro atoms. The van der Waals surface area contributed by atoms with Crippen LogP contribution >= 0.6 is 0 Å². The first-order valence-corrected chi connectivity index (χ1v) is 13.2. The Morgan fingerprint density at radius 3 is 1.67 bits per heavy atom. The van der Waals surface area contributed by atoms with Crippen molar-refractivity contribution in [3.8, 4) is 11.5 Å². The molecule has 6 nitrogen and oxygen atoms in total. The summed E-state index contributed by atoms with van der Waals surface area (Å²) in [7, 11) is 3.17. The summed E-state index contributed by atoms with van der Waals surface area (Å²) in [6.45, 7) is 14.6. The van der Waals surface area contributed by atoms with Gasteiger partial charge in [-0.1, -0.05) is 59.2 Å². The average Bonchev–Trinajstić information content (AvgIpc) is 3.56. The molecule has 4 aromatic rings. The summed E-state index contributed by atoms with van der Waals surface area (Å²) in [4.78, 5) is 13.4. The van der Waals surface area contributed by atoms with E-state index in [1.165, 1.54) is 0 Å². The lowest BCUT2D eigenvalue weighted by Crippen LogP contribution is -2.16. The van der Waals surface area contributed by atoms with Crippen molar-refractivity contribution in [1.29, 1.82) is 0 Å². The van der Waals surface area contributed by atoms with E-state index in [1.807, 2.05) is 61.5 Å². The van der Waals surface area contributed by atoms with Crippen molar-refractivity contribution in [3.05, 3.63) is 100 Å². The summed E-state index contributed by atoms with van der Waals surface area (Å²) < 4.78 is 24.2. The Kier molecular flexibility index (Phi) is 7.69. The van der Waals surface area contributed by atoms with Crippen molar-refractivity contribution < 1.29 is 23.1 Å². The van der Waals surface area contributed by atoms with Crippen LogP contribution in [-0.2, 0) is 10.8 Å². The molecule has 39 heavy (non-hydrogen) atoms. The van der Waals surface area contributed by atoms with Crippen molar-refractivity contribution in [2.24, 2.45) is 0 Å². The monoisotopic (exact) mass is 529 g/mol. The van der Waals surface area contributed by atoms with Crippen LogP contribution in [0.2, 0.25) is 0 Å². The van der Waals surface area contributed by atoms with Gasteiger partial charge in [-0.15, -0.1) is 0 Å². The Bertz CT molecular complexity index is 1390. The predicted molar refractivity (Wildman–Crippen MR) is 154 cm³/mol. The number of aryl methyl sites for hydroxylation is 1. The average molecular weight is 530 g/mol. The minimum atomic E-state index is -0.453. The summed E-state index contributed by atoms with van der Waals surface area (Å²) in [6.07, 6.45) is 0. The topological polar surface area (TPSA) is 73.8 Å². The Hall–Kier alpha value is -3.93. The van der Waals surface area contributed by atoms with Crippen molar-refractivity contribution >= 4 is 11.6 Å². The van der Waals surface area contributed by atoms with Crippen molar-refractivity contribution in [2.45, 2.75) is 65.2 Å². The highest BCUT2D eigenvalue weighted by atomic mass is 16.5. The smallest absolute Gasteiger partial charge is 0.255 e. The number of hydrogen-bond donors (Lipinski definition) is 1. The number of carbonyl (C=O) groups is 1. The van der Waals surface area contributed by atoms with Crippen molar-refractivity contribution in [2.75, 3.05) is 19.5 Å². The Morgan fingerprint density at radius 2 is 1.23 bits per heavy atom. The third-order valence-electron chi connectivity index (χ3n) is 6.73. The van der Waals surface area contributed by atoms with Gasteiger partial charge < -0.3 is 23.6 Å². The standard InChI is InChI=1S/C33H39NO5/c1-20-10-12-21(13-11-20)31(35)34-23-19-27(37-9)26(36-8)18-22(23)30(24-14-16-28(38-24)32(2,3)4)25-15-17-29(39-25)33(5,6)7/h10-19,30H,1-9H3,(H,34,35). The summed E-state index contributed by atoms with van der Waals surface area (Å²) in [6, 6.07) is 19.1. The van der Waals surface area contributed by atoms with Gasteiger partial charge in [0.2, 0.25) is 0 Å². The number of anilines is 1. The zero-order valence-electron chi connectivity index (χ0n) is 24.4. The highest BCUT2D eigenvalue weighted by Crippen LogP contribution is 2.44. The molecular weight excluding hydrogens is 490 g/mol. The molecule has 0 unspecified atom stereocenters. The highest BCUT2D eigenvalue weighted by Gasteiger charge is 2.31. The third-order valence-corrected chi connectivity index (χ3v) is 6.73. The van der Waals surface area contributed by atoms with Crippen LogP contribution < -0.4 is 14.8 Å². The second kappa shape index (κ2) is 10.7. The fourth-order valence-corrected chi connectivity index (χ4v) is 4.41. The number of carbonyl (C=O) groups excluding carboxylic acids is 1. The second-order valence-electron chi connectivity index (χ2n) is 12.0. The second-order valence-corrected chi connectivity index (χ2v) is 12.0. The van der Waals surface area contributed by atoms with Crippen molar-refractivity contribution in [3.63, 3.8) is 0 Å². The maximum atomic E-state index is 13.4. The molecule has 0 atom stereocenters. The van der Waals surface area contributed by atoms with E-state index in [-0.39, 0.29) is 16.7 Å². The largest absolute Gasteiger partial charge is 0.493 e. The molecule has 4 rings (SSSR count). The maximum Gasteiger partial charge on any atom is 0.255 e. The van der Waals surface area contributed by atoms with Gasteiger partial charge in [0.05, 0.1) is 14.2 Å². The summed E-state index contributed by atoms with van der Waals surface area (Å²) in [5.41, 5.74) is 2.62. The molecule has 0 aliphatic heterocycles. The van der Waals surface area contributed by atoms with E-state index in [4.69, 9.17) is 18.3 Å². The third kappa shape index (κ3) is 6.06. The minimum Gasteiger partial charge on any atom is -0.493 e. The van der Waals surface area contributed by atoms with Gasteiger partial charge in [0.15, 0.2) is 11.5 Å². The summed E-state index contributed by atoms with van der Waals surface area (Å²) >= 11 is 0. The summed E-state index contributed by atoms with van der Waals surface area (Å²) in [5.74, 6) is 3.48. The van der Waals surface area contributed by atoms with Gasteiger partial charge in [0.25, 0.3) is 5.91 Å². The van der Waals surface area contributed by atoms with Crippen LogP contribution in [0.4, 0.5) is 5.69 Å². The molecule has 2 aromatic carbocycles. The fourth-order valence-electron chi connectivity index (χ4n) is 4.41. The Balaban J connectivity index is 1.92. The van der Waals surface area contributed by atoms with Crippen LogP contribution in [0.5, 0.6) is 11.5 Å². The van der Waals surface area contributed by atoms with Crippen molar-refractivity contribution in [1.82, 2.24) is 0 Å². The van der Waals surface area contributed by atoms with E-state index in [0.717, 1.165) is 22.6 Å². The van der Waals surface area contributed by atoms with Crippen LogP contribution in [0.25, 0.3) is 0 Å². The van der Waals surface area contributed by atoms with Gasteiger partial charge in [0.1, 0.15) is 29.0 Å². The van der Waals surface area contributed by atoms with Gasteiger partial charge >= 0.3 is 0 Å². The van der Waals surface area contributed by atoms with E-state index in [2.05, 4.69) is 46.9 Å². The molecule has 0 saturated heterocycles. The molecule has 0 aliphatic rings. The van der Waals surface area contributed by atoms with Gasteiger partial charge in [-0.25, -0.2) is 0 Å². The van der Waals surface area contributed by atoms with Crippen LogP contribution in [0.15, 0.2) is 69.5 Å². The van der Waals surface area contributed by atoms with Gasteiger partial charge in [-0.3, -0.25) is 4.79 Å². The predicted octanol–water partition coefficient (Wildman–Crippen LogP) is 8.23. The van der Waals surface area contributed by atoms with E-state index in [0.29, 0.717) is 34.3 Å². The quantitative estimate of drug-likeness (QED) is 0.261. The highest BCUT2D eigenvalue weighted by molar-refractivity contribution is 6.05. The number of hydrogen-bond acceptors (Lipinski definition) is 5. The lowest BCUT2D eigenvalue weighted by atomic mass is 9.91. The number of ether oxygens (including phenoxy) is 2. The zero-order valence-corrected chi connectivity index (χ0v) is 24.4. The molecule has 6 heteroatoms. The Labute approximate surface area is 231 Å². The van der Waals surface area contributed by atoms with Gasteiger partial charge in [0, 0.05) is 28.1 Å². The van der Waals surface area contributed by atoms with E-state index < -0.39 is 5.92 Å². The van der Waals surface area contributed by atoms with Gasteiger partial charge in [-0.2, -0.15) is 0 Å². The minimum absolute atomic E-state index is 0.178. The number of furan rings is 2. The number of rotatable bonds is 7. The first-order valence-electron chi connectivity index (χ1n) is 13.2. The fraction of sp³-hybridized carbons (Fsp3) is 0.364. The van der Waals surface area contributed by atoms with E-state index >= 15 is 0 Å². The molecule has 206 valence electrons. The molecule has 0 saturated carbocycles. The molecule has 1 amide bonds. The van der Waals surface area contributed by atoms with E-state index in [9.17, 15) is 4.79 Å². The molecule has 2 heterocycles. The van der Waals surface area contributed by atoms with E-state index in [1.54, 1.807) is 20.3 Å². The zero-order chi connectivity index (χ0) is 28.5. The normalized spacial score (nSPS) is 12.1. The SMILES string of the molecule is COc1cc(NC(=O)c2ccc(C)cc2)c(C(c2ccc(C(C)(C)C)o2)c2ccc(C(C)(C)C)o2)cc1OC. The molecule has 0 bridgehead atoms. The molecular formula is C33H39NO5. The first kappa shape index (κ1) is 28.1. The van der Waals surface area contributed by atoms with Crippen LogP contribution in [0, 0.1) is 6.92 Å². The number of nitrogens with one attached hydrogen (secondary N) is 1. The van der Waals surface area contributed by atoms with Crippen LogP contribution in [-0.4, -0.2) is 20.1 Å². The van der Waals surface area contributed by atoms with Gasteiger partial charge in [-0.05, 0) is 55.0 Å². The molecule has 0 fully saturated rings. The lowest BCUT2D eigenvalue weighted by Gasteiger charge is -2.22. The van der Waals surface area contributed by atoms with Crippen LogP contribution in [0.1, 0.15) is 92.0 Å². The molecule has 1 N–H and O–H groups in total. The summed E-state index contributed by atoms with van der Waals surface area (Å²) in [5, 5.41) is 3.11. The number of amides is 1. The Morgan fingerprint density at radius 1 is 0.744 bits per heavy atom. The lowest BCUT2D eigenvalue weighted by molar-refractivity contribution is 0.102. The first-order chi connectivity index (χ1) is 18.3. The molecule has 2 aromatic heterocycles. The van der Waals surface area contributed by atoms with Crippen LogP contribution in [0.3, 0.4) is 0 Å². The molecule has 0 radical (unpaired) electrons. The number of benzene rings is 2. The molecule has 0 aliphatic carbocycles.